The van der Waals surface area contributed by atoms with E-state index in [-0.39, 0.29) is 6.10 Å². The molecule has 1 nitrogen and oxygen atoms in total. The van der Waals surface area contributed by atoms with E-state index in [9.17, 15) is 5.11 Å². The average Bonchev–Trinajstić information content (AvgIpc) is 2.16. The Morgan fingerprint density at radius 3 is 2.69 bits per heavy atom. The molecule has 0 aromatic heterocycles. The van der Waals surface area contributed by atoms with Gasteiger partial charge in [-0.05, 0) is 30.1 Å². The van der Waals surface area contributed by atoms with Gasteiger partial charge in [-0.3, -0.25) is 0 Å². The Bertz CT molecular complexity index is 230. The lowest BCUT2D eigenvalue weighted by atomic mass is 9.64. The van der Waals surface area contributed by atoms with Gasteiger partial charge in [-0.25, -0.2) is 0 Å². The standard InChI is InChI=1S/C15H28O/c1-5-7-13(16)9-10-14-12(2)8-6-11-15(14,3)4/h9-10,12-14,16H,5-8,11H2,1-4H3/b10-9+/t12-,13?,14+/m1/s1. The van der Waals surface area contributed by atoms with E-state index < -0.39 is 0 Å². The highest BCUT2D eigenvalue weighted by molar-refractivity contribution is 5.02. The topological polar surface area (TPSA) is 20.2 Å². The highest BCUT2D eigenvalue weighted by Gasteiger charge is 2.34. The molecule has 0 aromatic rings. The minimum absolute atomic E-state index is 0.241. The minimum atomic E-state index is -0.241. The predicted molar refractivity (Wildman–Crippen MR) is 70.3 cm³/mol. The van der Waals surface area contributed by atoms with Crippen molar-refractivity contribution in [2.24, 2.45) is 17.3 Å². The molecule has 0 heterocycles. The van der Waals surface area contributed by atoms with Crippen molar-refractivity contribution in [1.29, 1.82) is 0 Å². The van der Waals surface area contributed by atoms with Gasteiger partial charge in [0.05, 0.1) is 6.10 Å². The van der Waals surface area contributed by atoms with Crippen LogP contribution < -0.4 is 0 Å². The van der Waals surface area contributed by atoms with Gasteiger partial charge in [0.1, 0.15) is 0 Å². The molecule has 0 amide bonds. The van der Waals surface area contributed by atoms with Crippen molar-refractivity contribution in [3.63, 3.8) is 0 Å². The van der Waals surface area contributed by atoms with E-state index in [2.05, 4.69) is 33.8 Å². The van der Waals surface area contributed by atoms with Crippen LogP contribution in [0.1, 0.15) is 59.8 Å². The normalized spacial score (nSPS) is 31.8. The second-order valence-electron chi connectivity index (χ2n) is 6.12. The molecule has 1 rings (SSSR count). The summed E-state index contributed by atoms with van der Waals surface area (Å²) in [6.07, 6.45) is 10.0. The molecular formula is C15H28O. The van der Waals surface area contributed by atoms with Gasteiger partial charge in [0.15, 0.2) is 0 Å². The molecule has 1 N–H and O–H groups in total. The van der Waals surface area contributed by atoms with Crippen LogP contribution in [-0.2, 0) is 0 Å². The van der Waals surface area contributed by atoms with Crippen LogP contribution in [-0.4, -0.2) is 11.2 Å². The lowest BCUT2D eigenvalue weighted by Gasteiger charge is -2.41. The molecule has 1 heteroatoms. The third kappa shape index (κ3) is 3.62. The predicted octanol–water partition coefficient (Wildman–Crippen LogP) is 4.17. The number of aliphatic hydroxyl groups excluding tert-OH is 1. The Kier molecular flexibility index (Phi) is 5.04. The van der Waals surface area contributed by atoms with Crippen LogP contribution in [0, 0.1) is 17.3 Å². The van der Waals surface area contributed by atoms with Crippen molar-refractivity contribution < 1.29 is 5.11 Å². The molecular weight excluding hydrogens is 196 g/mol. The van der Waals surface area contributed by atoms with Crippen LogP contribution in [0.4, 0.5) is 0 Å². The molecule has 1 aliphatic carbocycles. The zero-order chi connectivity index (χ0) is 12.2. The summed E-state index contributed by atoms with van der Waals surface area (Å²) in [5.74, 6) is 1.39. The molecule has 1 fully saturated rings. The first-order valence-electron chi connectivity index (χ1n) is 6.83. The number of allylic oxidation sites excluding steroid dienone is 1. The molecule has 0 saturated heterocycles. The zero-order valence-electron chi connectivity index (χ0n) is 11.4. The van der Waals surface area contributed by atoms with Gasteiger partial charge in [0.2, 0.25) is 0 Å². The second-order valence-corrected chi connectivity index (χ2v) is 6.12. The van der Waals surface area contributed by atoms with E-state index in [1.165, 1.54) is 19.3 Å². The Morgan fingerprint density at radius 1 is 1.44 bits per heavy atom. The summed E-state index contributed by atoms with van der Waals surface area (Å²) in [4.78, 5) is 0. The quantitative estimate of drug-likeness (QED) is 0.711. The third-order valence-electron chi connectivity index (χ3n) is 4.12. The van der Waals surface area contributed by atoms with Crippen molar-refractivity contribution in [2.45, 2.75) is 65.9 Å². The molecule has 94 valence electrons. The van der Waals surface area contributed by atoms with E-state index in [0.29, 0.717) is 11.3 Å². The first kappa shape index (κ1) is 13.8. The molecule has 0 spiro atoms. The zero-order valence-corrected chi connectivity index (χ0v) is 11.4. The maximum absolute atomic E-state index is 9.75. The highest BCUT2D eigenvalue weighted by atomic mass is 16.3. The fourth-order valence-electron chi connectivity index (χ4n) is 3.09. The van der Waals surface area contributed by atoms with Crippen molar-refractivity contribution in [3.8, 4) is 0 Å². The smallest absolute Gasteiger partial charge is 0.0720 e. The SMILES string of the molecule is CCCC(O)/C=C/[C@H]1[C@H](C)CCCC1(C)C. The third-order valence-corrected chi connectivity index (χ3v) is 4.12. The van der Waals surface area contributed by atoms with Crippen LogP contribution >= 0.6 is 0 Å². The van der Waals surface area contributed by atoms with E-state index in [1.54, 1.807) is 0 Å². The van der Waals surface area contributed by atoms with Crippen LogP contribution in [0.15, 0.2) is 12.2 Å². The number of hydrogen-bond donors (Lipinski definition) is 1. The molecule has 0 radical (unpaired) electrons. The fourth-order valence-corrected chi connectivity index (χ4v) is 3.09. The lowest BCUT2D eigenvalue weighted by Crippen LogP contribution is -2.32. The summed E-state index contributed by atoms with van der Waals surface area (Å²) in [5, 5.41) is 9.75. The number of aliphatic hydroxyl groups is 1. The molecule has 3 atom stereocenters. The van der Waals surface area contributed by atoms with E-state index >= 15 is 0 Å². The fraction of sp³-hybridized carbons (Fsp3) is 0.867. The summed E-state index contributed by atoms with van der Waals surface area (Å²) in [6.45, 7) is 9.19. The van der Waals surface area contributed by atoms with Gasteiger partial charge in [-0.1, -0.05) is 59.1 Å². The molecule has 0 aliphatic heterocycles. The molecule has 1 unspecified atom stereocenters. The summed E-state index contributed by atoms with van der Waals surface area (Å²) >= 11 is 0. The summed E-state index contributed by atoms with van der Waals surface area (Å²) in [5.41, 5.74) is 0.403. The first-order valence-corrected chi connectivity index (χ1v) is 6.83. The van der Waals surface area contributed by atoms with Crippen LogP contribution in [0.3, 0.4) is 0 Å². The summed E-state index contributed by atoms with van der Waals surface area (Å²) in [7, 11) is 0. The van der Waals surface area contributed by atoms with Crippen molar-refractivity contribution in [3.05, 3.63) is 12.2 Å². The van der Waals surface area contributed by atoms with Crippen LogP contribution in [0.25, 0.3) is 0 Å². The Morgan fingerprint density at radius 2 is 2.12 bits per heavy atom. The lowest BCUT2D eigenvalue weighted by molar-refractivity contribution is 0.121. The van der Waals surface area contributed by atoms with Crippen molar-refractivity contribution in [2.75, 3.05) is 0 Å². The average molecular weight is 224 g/mol. The van der Waals surface area contributed by atoms with E-state index in [4.69, 9.17) is 0 Å². The molecule has 0 aromatic carbocycles. The van der Waals surface area contributed by atoms with Crippen molar-refractivity contribution in [1.82, 2.24) is 0 Å². The van der Waals surface area contributed by atoms with Gasteiger partial charge >= 0.3 is 0 Å². The van der Waals surface area contributed by atoms with Gasteiger partial charge in [0.25, 0.3) is 0 Å². The van der Waals surface area contributed by atoms with Gasteiger partial charge in [-0.15, -0.1) is 0 Å². The maximum Gasteiger partial charge on any atom is 0.0720 e. The Labute approximate surface area is 101 Å². The summed E-state index contributed by atoms with van der Waals surface area (Å²) < 4.78 is 0. The largest absolute Gasteiger partial charge is 0.389 e. The van der Waals surface area contributed by atoms with Crippen LogP contribution in [0.5, 0.6) is 0 Å². The van der Waals surface area contributed by atoms with Gasteiger partial charge in [-0.2, -0.15) is 0 Å². The highest BCUT2D eigenvalue weighted by Crippen LogP contribution is 2.44. The maximum atomic E-state index is 9.75. The van der Waals surface area contributed by atoms with E-state index in [0.717, 1.165) is 18.8 Å². The first-order chi connectivity index (χ1) is 7.47. The second kappa shape index (κ2) is 5.86. The molecule has 1 saturated carbocycles. The summed E-state index contributed by atoms with van der Waals surface area (Å²) in [6, 6.07) is 0. The van der Waals surface area contributed by atoms with Crippen LogP contribution in [0.2, 0.25) is 0 Å². The van der Waals surface area contributed by atoms with Gasteiger partial charge < -0.3 is 5.11 Å². The molecule has 16 heavy (non-hydrogen) atoms. The minimum Gasteiger partial charge on any atom is -0.389 e. The van der Waals surface area contributed by atoms with Gasteiger partial charge in [0, 0.05) is 0 Å². The Hall–Kier alpha value is -0.300. The number of hydrogen-bond acceptors (Lipinski definition) is 1. The van der Waals surface area contributed by atoms with E-state index in [1.807, 2.05) is 6.08 Å². The van der Waals surface area contributed by atoms with Crippen molar-refractivity contribution >= 4 is 0 Å². The molecule has 1 aliphatic rings. The Balaban J connectivity index is 2.61. The number of rotatable bonds is 4. The monoisotopic (exact) mass is 224 g/mol. The molecule has 0 bridgehead atoms.